The monoisotopic (exact) mass is 549 g/mol. The number of nitrogens with one attached hydrogen (secondary N) is 1. The summed E-state index contributed by atoms with van der Waals surface area (Å²) in [5, 5.41) is 7.32. The van der Waals surface area contributed by atoms with Gasteiger partial charge in [-0.05, 0) is 60.7 Å². The third-order valence-corrected chi connectivity index (χ3v) is 7.52. The zero-order valence-corrected chi connectivity index (χ0v) is 21.0. The molecule has 0 saturated carbocycles. The molecule has 1 unspecified atom stereocenters. The van der Waals surface area contributed by atoms with E-state index in [0.29, 0.717) is 43.3 Å². The van der Waals surface area contributed by atoms with Crippen LogP contribution >= 0.6 is 0 Å². The van der Waals surface area contributed by atoms with Crippen LogP contribution in [0.25, 0.3) is 16.9 Å². The Labute approximate surface area is 226 Å². The van der Waals surface area contributed by atoms with Crippen molar-refractivity contribution < 1.29 is 27.2 Å². The number of nitrogens with zero attached hydrogens (tertiary/aromatic N) is 4. The minimum absolute atomic E-state index is 0.0328. The molecule has 1 N–H and O–H groups in total. The van der Waals surface area contributed by atoms with Crippen molar-refractivity contribution in [1.82, 2.24) is 19.7 Å². The lowest BCUT2D eigenvalue weighted by Crippen LogP contribution is -2.40. The van der Waals surface area contributed by atoms with Crippen LogP contribution in [-0.4, -0.2) is 44.6 Å². The molecule has 4 heterocycles. The summed E-state index contributed by atoms with van der Waals surface area (Å²) >= 11 is 0. The summed E-state index contributed by atoms with van der Waals surface area (Å²) in [6.45, 7) is 0.832. The number of carbonyl (C=O) groups is 2. The van der Waals surface area contributed by atoms with Crippen molar-refractivity contribution in [3.8, 4) is 16.9 Å². The van der Waals surface area contributed by atoms with E-state index >= 15 is 0 Å². The first-order valence-electron chi connectivity index (χ1n) is 12.8. The van der Waals surface area contributed by atoms with Crippen LogP contribution in [0.2, 0.25) is 0 Å². The summed E-state index contributed by atoms with van der Waals surface area (Å²) in [7, 11) is 0. The van der Waals surface area contributed by atoms with Gasteiger partial charge in [0, 0.05) is 42.8 Å². The molecule has 0 radical (unpaired) electrons. The van der Waals surface area contributed by atoms with Gasteiger partial charge in [-0.25, -0.2) is 9.07 Å². The number of piperidine rings is 1. The molecule has 0 spiro atoms. The molecule has 0 aliphatic carbocycles. The fourth-order valence-electron chi connectivity index (χ4n) is 5.57. The summed E-state index contributed by atoms with van der Waals surface area (Å²) < 4.78 is 55.0. The second kappa shape index (κ2) is 9.89. The van der Waals surface area contributed by atoms with E-state index in [1.807, 2.05) is 24.3 Å². The summed E-state index contributed by atoms with van der Waals surface area (Å²) in [6, 6.07) is 15.0. The molecule has 7 nitrogen and oxygen atoms in total. The second-order valence-corrected chi connectivity index (χ2v) is 9.91. The zero-order chi connectivity index (χ0) is 28.0. The average molecular weight is 550 g/mol. The quantitative estimate of drug-likeness (QED) is 0.332. The van der Waals surface area contributed by atoms with Gasteiger partial charge in [-0.1, -0.05) is 18.2 Å². The molecule has 1 saturated heterocycles. The van der Waals surface area contributed by atoms with Crippen molar-refractivity contribution in [2.45, 2.75) is 24.9 Å². The maximum atomic E-state index is 14.4. The molecule has 2 aromatic heterocycles. The third-order valence-electron chi connectivity index (χ3n) is 7.52. The summed E-state index contributed by atoms with van der Waals surface area (Å²) in [5.74, 6) is -2.02. The molecular formula is C29H23F4N5O2. The fraction of sp³-hybridized carbons (Fsp3) is 0.241. The molecule has 6 rings (SSSR count). The Bertz CT molecular complexity index is 1590. The van der Waals surface area contributed by atoms with Gasteiger partial charge in [0.05, 0.1) is 22.9 Å². The van der Waals surface area contributed by atoms with E-state index in [2.05, 4.69) is 15.4 Å². The number of fused-ring (bicyclic) bond motifs is 1. The van der Waals surface area contributed by atoms with E-state index in [4.69, 9.17) is 0 Å². The molecule has 1 atom stereocenters. The first-order chi connectivity index (χ1) is 19.2. The van der Waals surface area contributed by atoms with Gasteiger partial charge in [0.15, 0.2) is 5.69 Å². The number of pyridine rings is 1. The predicted molar refractivity (Wildman–Crippen MR) is 138 cm³/mol. The molecule has 2 aliphatic rings. The number of para-hydroxylation sites is 1. The van der Waals surface area contributed by atoms with Gasteiger partial charge in [0.2, 0.25) is 5.91 Å². The number of likely N-dealkylation sites (tertiary alicyclic amines) is 1. The smallest absolute Gasteiger partial charge is 0.337 e. The lowest BCUT2D eigenvalue weighted by molar-refractivity contribution is -0.140. The van der Waals surface area contributed by atoms with Crippen molar-refractivity contribution in [2.24, 2.45) is 5.92 Å². The number of hydrogen-bond donors (Lipinski definition) is 1. The van der Waals surface area contributed by atoms with E-state index in [9.17, 15) is 27.2 Å². The number of alkyl halides is 3. The molecule has 0 bridgehead atoms. The summed E-state index contributed by atoms with van der Waals surface area (Å²) in [5.41, 5.74) is 1.45. The zero-order valence-electron chi connectivity index (χ0n) is 21.0. The SMILES string of the molecule is O=C1Nc2ccccc2C1C1CCN(C(=O)c2cc(-c3cccnc3)n(-c3ccc(C(F)(F)F)c(F)c3)n2)CC1. The van der Waals surface area contributed by atoms with E-state index in [1.165, 1.54) is 16.9 Å². The van der Waals surface area contributed by atoms with Crippen molar-refractivity contribution >= 4 is 17.5 Å². The van der Waals surface area contributed by atoms with Gasteiger partial charge in [0.25, 0.3) is 5.91 Å². The van der Waals surface area contributed by atoms with Crippen LogP contribution in [0.15, 0.2) is 73.1 Å². The molecule has 11 heteroatoms. The Hall–Kier alpha value is -4.54. The number of rotatable bonds is 4. The van der Waals surface area contributed by atoms with Gasteiger partial charge >= 0.3 is 6.18 Å². The Balaban J connectivity index is 1.26. The third kappa shape index (κ3) is 4.61. The van der Waals surface area contributed by atoms with Crippen LogP contribution in [0.1, 0.15) is 40.4 Å². The highest BCUT2D eigenvalue weighted by Crippen LogP contribution is 2.41. The Morgan fingerprint density at radius 2 is 1.77 bits per heavy atom. The molecule has 1 fully saturated rings. The lowest BCUT2D eigenvalue weighted by Gasteiger charge is -2.33. The molecule has 40 heavy (non-hydrogen) atoms. The van der Waals surface area contributed by atoms with Crippen LogP contribution in [0, 0.1) is 11.7 Å². The Kier molecular flexibility index (Phi) is 6.36. The fourth-order valence-corrected chi connectivity index (χ4v) is 5.57. The first-order valence-corrected chi connectivity index (χ1v) is 12.8. The van der Waals surface area contributed by atoms with Crippen LogP contribution in [0.4, 0.5) is 23.2 Å². The summed E-state index contributed by atoms with van der Waals surface area (Å²) in [4.78, 5) is 31.9. The number of halogens is 4. The van der Waals surface area contributed by atoms with Crippen molar-refractivity contribution in [3.05, 3.63) is 95.7 Å². The van der Waals surface area contributed by atoms with Gasteiger partial charge in [-0.2, -0.15) is 18.3 Å². The maximum absolute atomic E-state index is 14.4. The van der Waals surface area contributed by atoms with Gasteiger partial charge in [0.1, 0.15) is 5.82 Å². The number of amides is 2. The van der Waals surface area contributed by atoms with Gasteiger partial charge in [-0.15, -0.1) is 0 Å². The number of anilines is 1. The highest BCUT2D eigenvalue weighted by Gasteiger charge is 2.39. The Morgan fingerprint density at radius 3 is 2.48 bits per heavy atom. The molecule has 2 amide bonds. The number of carbonyl (C=O) groups excluding carboxylic acids is 2. The molecular weight excluding hydrogens is 526 g/mol. The molecule has 4 aromatic rings. The number of hydrogen-bond acceptors (Lipinski definition) is 4. The van der Waals surface area contributed by atoms with Crippen LogP contribution in [-0.2, 0) is 11.0 Å². The molecule has 204 valence electrons. The van der Waals surface area contributed by atoms with Crippen LogP contribution in [0.3, 0.4) is 0 Å². The average Bonchev–Trinajstić information content (AvgIpc) is 3.54. The maximum Gasteiger partial charge on any atom is 0.419 e. The minimum Gasteiger partial charge on any atom is -0.337 e. The second-order valence-electron chi connectivity index (χ2n) is 9.91. The van der Waals surface area contributed by atoms with Crippen molar-refractivity contribution in [2.75, 3.05) is 18.4 Å². The van der Waals surface area contributed by atoms with E-state index in [1.54, 1.807) is 23.2 Å². The van der Waals surface area contributed by atoms with E-state index in [-0.39, 0.29) is 35.0 Å². The Morgan fingerprint density at radius 1 is 1.00 bits per heavy atom. The largest absolute Gasteiger partial charge is 0.419 e. The van der Waals surface area contributed by atoms with Crippen molar-refractivity contribution in [1.29, 1.82) is 0 Å². The van der Waals surface area contributed by atoms with Crippen molar-refractivity contribution in [3.63, 3.8) is 0 Å². The lowest BCUT2D eigenvalue weighted by atomic mass is 9.80. The molecule has 2 aliphatic heterocycles. The van der Waals surface area contributed by atoms with E-state index in [0.717, 1.165) is 23.4 Å². The predicted octanol–water partition coefficient (Wildman–Crippen LogP) is 5.68. The molecule has 2 aromatic carbocycles. The summed E-state index contributed by atoms with van der Waals surface area (Å²) in [6.07, 6.45) is -0.510. The standard InChI is InChI=1S/C29H23F4N5O2/c30-22-14-19(7-8-21(22)29(31,32)33)38-25(18-4-3-11-34-16-18)15-24(36-38)28(40)37-12-9-17(10-13-37)26-20-5-1-2-6-23(20)35-27(26)39/h1-8,11,14-17,26H,9-10,12-13H2,(H,35,39). The first kappa shape index (κ1) is 25.7. The normalized spacial score (nSPS) is 17.6. The van der Waals surface area contributed by atoms with Crippen LogP contribution in [0.5, 0.6) is 0 Å². The van der Waals surface area contributed by atoms with Gasteiger partial charge < -0.3 is 10.2 Å². The van der Waals surface area contributed by atoms with Gasteiger partial charge in [-0.3, -0.25) is 14.6 Å². The number of aromatic nitrogens is 3. The topological polar surface area (TPSA) is 80.1 Å². The van der Waals surface area contributed by atoms with Crippen LogP contribution < -0.4 is 5.32 Å². The highest BCUT2D eigenvalue weighted by molar-refractivity contribution is 6.03. The van der Waals surface area contributed by atoms with E-state index < -0.39 is 17.6 Å². The highest BCUT2D eigenvalue weighted by atomic mass is 19.4. The minimum atomic E-state index is -4.84. The number of benzene rings is 2.